The van der Waals surface area contributed by atoms with Gasteiger partial charge in [-0.2, -0.15) is 0 Å². The Morgan fingerprint density at radius 1 is 0.950 bits per heavy atom. The second-order valence-corrected chi connectivity index (χ2v) is 5.53. The van der Waals surface area contributed by atoms with E-state index in [0.29, 0.717) is 0 Å². The minimum atomic E-state index is 1.09. The predicted molar refractivity (Wildman–Crippen MR) is 82.6 cm³/mol. The van der Waals surface area contributed by atoms with Gasteiger partial charge in [0.1, 0.15) is 7.05 Å². The Hall–Kier alpha value is -2.22. The lowest BCUT2D eigenvalue weighted by Gasteiger charge is -2.08. The van der Waals surface area contributed by atoms with Crippen LogP contribution < -0.4 is 4.57 Å². The lowest BCUT2D eigenvalue weighted by atomic mass is 10.00. The van der Waals surface area contributed by atoms with Crippen molar-refractivity contribution in [2.24, 2.45) is 7.05 Å². The molecule has 20 heavy (non-hydrogen) atoms. The van der Waals surface area contributed by atoms with Crippen LogP contribution in [-0.2, 0) is 7.05 Å². The molecule has 0 aliphatic heterocycles. The fourth-order valence-corrected chi connectivity index (χ4v) is 2.76. The highest BCUT2D eigenvalue weighted by atomic mass is 14.9. The highest BCUT2D eigenvalue weighted by Crippen LogP contribution is 2.27. The number of hydrogen-bond donors (Lipinski definition) is 0. The van der Waals surface area contributed by atoms with Crippen LogP contribution in [0.3, 0.4) is 0 Å². The largest absolute Gasteiger partial charge is 0.256 e. The van der Waals surface area contributed by atoms with Gasteiger partial charge in [-0.1, -0.05) is 6.07 Å². The minimum Gasteiger partial charge on any atom is -0.256 e. The van der Waals surface area contributed by atoms with Crippen molar-refractivity contribution in [1.82, 2.24) is 4.98 Å². The molecule has 0 saturated heterocycles. The van der Waals surface area contributed by atoms with Gasteiger partial charge in [0.05, 0.1) is 11.1 Å². The zero-order chi connectivity index (χ0) is 14.3. The second kappa shape index (κ2) is 4.71. The molecule has 0 amide bonds. The third-order valence-corrected chi connectivity index (χ3v) is 3.80. The van der Waals surface area contributed by atoms with Crippen molar-refractivity contribution in [2.75, 3.05) is 0 Å². The average Bonchev–Trinajstić information content (AvgIpc) is 2.40. The molecule has 2 heterocycles. The quantitative estimate of drug-likeness (QED) is 0.612. The molecule has 1 aromatic carbocycles. The van der Waals surface area contributed by atoms with Crippen LogP contribution in [0.4, 0.5) is 0 Å². The van der Waals surface area contributed by atoms with E-state index in [1.807, 2.05) is 6.20 Å². The van der Waals surface area contributed by atoms with Gasteiger partial charge in [0.2, 0.25) is 5.69 Å². The van der Waals surface area contributed by atoms with Crippen molar-refractivity contribution >= 4 is 10.9 Å². The third-order valence-electron chi connectivity index (χ3n) is 3.80. The number of hydrogen-bond acceptors (Lipinski definition) is 1. The summed E-state index contributed by atoms with van der Waals surface area (Å²) in [4.78, 5) is 4.60. The highest BCUT2D eigenvalue weighted by Gasteiger charge is 2.14. The predicted octanol–water partition coefficient (Wildman–Crippen LogP) is 3.65. The first kappa shape index (κ1) is 12.8. The van der Waals surface area contributed by atoms with Gasteiger partial charge in [-0.3, -0.25) is 4.98 Å². The molecule has 0 atom stereocenters. The zero-order valence-corrected chi connectivity index (χ0v) is 12.4. The monoisotopic (exact) mass is 263 g/mol. The summed E-state index contributed by atoms with van der Waals surface area (Å²) in [5.74, 6) is 0. The smallest absolute Gasteiger partial charge is 0.212 e. The van der Waals surface area contributed by atoms with Crippen molar-refractivity contribution in [3.8, 4) is 11.3 Å². The number of aromatic nitrogens is 2. The fourth-order valence-electron chi connectivity index (χ4n) is 2.76. The molecule has 2 nitrogen and oxygen atoms in total. The molecule has 2 heteroatoms. The van der Waals surface area contributed by atoms with Crippen LogP contribution in [0, 0.1) is 20.8 Å². The van der Waals surface area contributed by atoms with Crippen molar-refractivity contribution < 1.29 is 4.57 Å². The Labute approximate surface area is 119 Å². The van der Waals surface area contributed by atoms with Crippen LogP contribution in [0.5, 0.6) is 0 Å². The van der Waals surface area contributed by atoms with Crippen LogP contribution in [0.2, 0.25) is 0 Å². The molecule has 2 aromatic heterocycles. The van der Waals surface area contributed by atoms with Gasteiger partial charge < -0.3 is 0 Å². The maximum Gasteiger partial charge on any atom is 0.212 e. The van der Waals surface area contributed by atoms with Gasteiger partial charge in [-0.15, -0.1) is 0 Å². The molecule has 0 aliphatic rings. The van der Waals surface area contributed by atoms with Gasteiger partial charge in [0.15, 0.2) is 6.20 Å². The summed E-state index contributed by atoms with van der Waals surface area (Å²) in [7, 11) is 2.09. The Kier molecular flexibility index (Phi) is 3.01. The Bertz CT molecular complexity index is 804. The summed E-state index contributed by atoms with van der Waals surface area (Å²) in [6.07, 6.45) is 4.09. The summed E-state index contributed by atoms with van der Waals surface area (Å²) in [6.45, 7) is 6.34. The highest BCUT2D eigenvalue weighted by molar-refractivity contribution is 5.87. The van der Waals surface area contributed by atoms with E-state index in [1.165, 1.54) is 33.3 Å². The zero-order valence-electron chi connectivity index (χ0n) is 12.4. The van der Waals surface area contributed by atoms with Gasteiger partial charge in [-0.25, -0.2) is 4.57 Å². The van der Waals surface area contributed by atoms with Gasteiger partial charge in [-0.05, 0) is 50.1 Å². The van der Waals surface area contributed by atoms with Crippen LogP contribution in [0.1, 0.15) is 16.7 Å². The van der Waals surface area contributed by atoms with E-state index < -0.39 is 0 Å². The first-order chi connectivity index (χ1) is 9.56. The second-order valence-electron chi connectivity index (χ2n) is 5.53. The SMILES string of the molecule is Cc1cnc2c(C)c(-c3ccc(C)c[n+]3C)ccc2c1. The van der Waals surface area contributed by atoms with Gasteiger partial charge >= 0.3 is 0 Å². The Balaban J connectivity index is 2.27. The molecule has 0 bridgehead atoms. The van der Waals surface area contributed by atoms with Crippen LogP contribution >= 0.6 is 0 Å². The summed E-state index contributed by atoms with van der Waals surface area (Å²) in [5.41, 5.74) is 7.26. The van der Waals surface area contributed by atoms with Crippen molar-refractivity contribution in [3.63, 3.8) is 0 Å². The lowest BCUT2D eigenvalue weighted by Crippen LogP contribution is -2.31. The van der Waals surface area contributed by atoms with E-state index in [9.17, 15) is 0 Å². The standard InChI is InChI=1S/C18H19N2/c1-12-5-8-17(20(4)11-12)16-7-6-15-9-13(2)10-19-18(15)14(16)3/h5-11H,1-4H3/q+1. The van der Waals surface area contributed by atoms with Gasteiger partial charge in [0.25, 0.3) is 0 Å². The molecular formula is C18H19N2+. The maximum absolute atomic E-state index is 4.60. The number of rotatable bonds is 1. The summed E-state index contributed by atoms with van der Waals surface area (Å²) < 4.78 is 2.18. The molecule has 100 valence electrons. The third kappa shape index (κ3) is 2.07. The number of aryl methyl sites for hydroxylation is 4. The van der Waals surface area contributed by atoms with Crippen LogP contribution in [-0.4, -0.2) is 4.98 Å². The molecular weight excluding hydrogens is 244 g/mol. The normalized spacial score (nSPS) is 11.0. The maximum atomic E-state index is 4.60. The molecule has 0 N–H and O–H groups in total. The lowest BCUT2D eigenvalue weighted by molar-refractivity contribution is -0.660. The number of nitrogens with zero attached hydrogens (tertiary/aromatic N) is 2. The first-order valence-electron chi connectivity index (χ1n) is 6.89. The molecule has 0 radical (unpaired) electrons. The van der Waals surface area contributed by atoms with E-state index in [4.69, 9.17) is 0 Å². The van der Waals surface area contributed by atoms with Crippen molar-refractivity contribution in [1.29, 1.82) is 0 Å². The fraction of sp³-hybridized carbons (Fsp3) is 0.222. The number of benzene rings is 1. The Morgan fingerprint density at radius 3 is 2.50 bits per heavy atom. The minimum absolute atomic E-state index is 1.09. The molecule has 0 spiro atoms. The summed E-state index contributed by atoms with van der Waals surface area (Å²) in [6, 6.07) is 10.9. The van der Waals surface area contributed by atoms with E-state index in [1.54, 1.807) is 0 Å². The van der Waals surface area contributed by atoms with Crippen LogP contribution in [0.15, 0.2) is 42.7 Å². The molecule has 0 saturated carbocycles. The van der Waals surface area contributed by atoms with Gasteiger partial charge in [0, 0.05) is 23.2 Å². The van der Waals surface area contributed by atoms with E-state index in [-0.39, 0.29) is 0 Å². The molecule has 0 aliphatic carbocycles. The summed E-state index contributed by atoms with van der Waals surface area (Å²) >= 11 is 0. The molecule has 0 fully saturated rings. The van der Waals surface area contributed by atoms with E-state index >= 15 is 0 Å². The van der Waals surface area contributed by atoms with Crippen molar-refractivity contribution in [3.05, 3.63) is 59.4 Å². The first-order valence-corrected chi connectivity index (χ1v) is 6.89. The number of fused-ring (bicyclic) bond motifs is 1. The molecule has 3 rings (SSSR count). The average molecular weight is 263 g/mol. The van der Waals surface area contributed by atoms with Crippen LogP contribution in [0.25, 0.3) is 22.2 Å². The Morgan fingerprint density at radius 2 is 1.75 bits per heavy atom. The molecule has 3 aromatic rings. The molecule has 0 unspecified atom stereocenters. The van der Waals surface area contributed by atoms with Crippen molar-refractivity contribution in [2.45, 2.75) is 20.8 Å². The van der Waals surface area contributed by atoms with E-state index in [0.717, 1.165) is 5.52 Å². The number of pyridine rings is 2. The van der Waals surface area contributed by atoms with E-state index in [2.05, 4.69) is 73.9 Å². The summed E-state index contributed by atoms with van der Waals surface area (Å²) in [5, 5.41) is 1.21. The topological polar surface area (TPSA) is 16.8 Å².